The first kappa shape index (κ1) is 7.11. The van der Waals surface area contributed by atoms with Gasteiger partial charge in [0.25, 0.3) is 0 Å². The van der Waals surface area contributed by atoms with Crippen molar-refractivity contribution in [3.8, 4) is 0 Å². The van der Waals surface area contributed by atoms with Crippen LogP contribution in [0.3, 0.4) is 0 Å². The summed E-state index contributed by atoms with van der Waals surface area (Å²) >= 11 is 0. The zero-order valence-electron chi connectivity index (χ0n) is 6.91. The monoisotopic (exact) mass is 126 g/mol. The number of hydrogen-bond acceptors (Lipinski definition) is 0. The second-order valence-corrected chi connectivity index (χ2v) is 4.01. The van der Waals surface area contributed by atoms with Crippen molar-refractivity contribution in [2.24, 2.45) is 11.3 Å². The van der Waals surface area contributed by atoms with Crippen LogP contribution in [0.2, 0.25) is 0 Å². The van der Waals surface area contributed by atoms with Gasteiger partial charge in [-0.1, -0.05) is 33.6 Å². The molecule has 0 aliphatic heterocycles. The van der Waals surface area contributed by atoms with Gasteiger partial charge in [-0.05, 0) is 24.2 Å². The first-order chi connectivity index (χ1) is 4.16. The van der Waals surface area contributed by atoms with E-state index < -0.39 is 0 Å². The minimum atomic E-state index is 0.708. The highest BCUT2D eigenvalue weighted by Gasteiger charge is 2.30. The van der Waals surface area contributed by atoms with Crippen molar-refractivity contribution in [1.29, 1.82) is 0 Å². The van der Waals surface area contributed by atoms with Crippen LogP contribution in [0, 0.1) is 11.3 Å². The van der Waals surface area contributed by atoms with Crippen LogP contribution in [-0.4, -0.2) is 0 Å². The van der Waals surface area contributed by atoms with Crippen LogP contribution in [0.25, 0.3) is 0 Å². The summed E-state index contributed by atoms with van der Waals surface area (Å²) in [6, 6.07) is 0. The molecule has 0 aromatic heterocycles. The molecular formula is C9H18. The average Bonchev–Trinajstić information content (AvgIpc) is 2.13. The lowest BCUT2D eigenvalue weighted by atomic mass is 9.85. The molecule has 0 heterocycles. The van der Waals surface area contributed by atoms with E-state index in [0.717, 1.165) is 5.92 Å². The summed E-state index contributed by atoms with van der Waals surface area (Å²) in [5, 5.41) is 0. The quantitative estimate of drug-likeness (QED) is 0.506. The second kappa shape index (κ2) is 2.32. The summed E-state index contributed by atoms with van der Waals surface area (Å²) in [5.41, 5.74) is 0.708. The predicted octanol–water partition coefficient (Wildman–Crippen LogP) is 3.22. The SMILES string of the molecule is CC[C@]1(C)CC[C@@H](C)C1. The number of rotatable bonds is 1. The van der Waals surface area contributed by atoms with Gasteiger partial charge in [-0.2, -0.15) is 0 Å². The summed E-state index contributed by atoms with van der Waals surface area (Å²) in [4.78, 5) is 0. The zero-order chi connectivity index (χ0) is 6.91. The summed E-state index contributed by atoms with van der Waals surface area (Å²) in [6.07, 6.45) is 5.76. The van der Waals surface area contributed by atoms with Gasteiger partial charge in [0, 0.05) is 0 Å². The minimum Gasteiger partial charge on any atom is -0.0649 e. The standard InChI is InChI=1S/C9H18/c1-4-9(3)6-5-8(2)7-9/h8H,4-7H2,1-3H3/t8-,9-/m1/s1. The van der Waals surface area contributed by atoms with Gasteiger partial charge >= 0.3 is 0 Å². The van der Waals surface area contributed by atoms with E-state index in [1.165, 1.54) is 25.7 Å². The van der Waals surface area contributed by atoms with E-state index >= 15 is 0 Å². The molecule has 2 atom stereocenters. The van der Waals surface area contributed by atoms with Gasteiger partial charge in [0.15, 0.2) is 0 Å². The molecule has 1 saturated carbocycles. The van der Waals surface area contributed by atoms with E-state index in [2.05, 4.69) is 20.8 Å². The Labute approximate surface area is 58.7 Å². The normalized spacial score (nSPS) is 43.7. The minimum absolute atomic E-state index is 0.708. The largest absolute Gasteiger partial charge is 0.0649 e. The van der Waals surface area contributed by atoms with Crippen LogP contribution >= 0.6 is 0 Å². The van der Waals surface area contributed by atoms with Crippen molar-refractivity contribution in [2.75, 3.05) is 0 Å². The topological polar surface area (TPSA) is 0 Å². The Morgan fingerprint density at radius 3 is 2.44 bits per heavy atom. The molecule has 0 heteroatoms. The molecule has 0 N–H and O–H groups in total. The van der Waals surface area contributed by atoms with Crippen LogP contribution in [0.1, 0.15) is 46.5 Å². The van der Waals surface area contributed by atoms with E-state index in [4.69, 9.17) is 0 Å². The van der Waals surface area contributed by atoms with E-state index in [9.17, 15) is 0 Å². The molecule has 0 spiro atoms. The van der Waals surface area contributed by atoms with E-state index in [-0.39, 0.29) is 0 Å². The maximum absolute atomic E-state index is 2.43. The van der Waals surface area contributed by atoms with E-state index in [1.807, 2.05) is 0 Å². The Bertz CT molecular complexity index is 96.2. The fourth-order valence-corrected chi connectivity index (χ4v) is 1.96. The van der Waals surface area contributed by atoms with Gasteiger partial charge in [-0.3, -0.25) is 0 Å². The third-order valence-corrected chi connectivity index (χ3v) is 2.94. The second-order valence-electron chi connectivity index (χ2n) is 4.01. The highest BCUT2D eigenvalue weighted by molar-refractivity contribution is 4.82. The van der Waals surface area contributed by atoms with Crippen molar-refractivity contribution < 1.29 is 0 Å². The first-order valence-electron chi connectivity index (χ1n) is 4.16. The summed E-state index contributed by atoms with van der Waals surface area (Å²) in [7, 11) is 0. The Kier molecular flexibility index (Phi) is 1.83. The van der Waals surface area contributed by atoms with Gasteiger partial charge in [-0.25, -0.2) is 0 Å². The van der Waals surface area contributed by atoms with Crippen molar-refractivity contribution in [3.63, 3.8) is 0 Å². The van der Waals surface area contributed by atoms with Gasteiger partial charge in [-0.15, -0.1) is 0 Å². The average molecular weight is 126 g/mol. The molecule has 0 radical (unpaired) electrons. The van der Waals surface area contributed by atoms with Crippen LogP contribution in [0.15, 0.2) is 0 Å². The van der Waals surface area contributed by atoms with Gasteiger partial charge < -0.3 is 0 Å². The maximum atomic E-state index is 2.43. The number of hydrogen-bond donors (Lipinski definition) is 0. The molecule has 1 fully saturated rings. The summed E-state index contributed by atoms with van der Waals surface area (Å²) in [5.74, 6) is 0.995. The predicted molar refractivity (Wildman–Crippen MR) is 41.4 cm³/mol. The molecule has 1 aliphatic carbocycles. The molecule has 0 bridgehead atoms. The molecular weight excluding hydrogens is 108 g/mol. The van der Waals surface area contributed by atoms with Crippen LogP contribution in [0.4, 0.5) is 0 Å². The fourth-order valence-electron chi connectivity index (χ4n) is 1.96. The van der Waals surface area contributed by atoms with Crippen molar-refractivity contribution in [2.45, 2.75) is 46.5 Å². The third kappa shape index (κ3) is 1.47. The van der Waals surface area contributed by atoms with Gasteiger partial charge in [0.05, 0.1) is 0 Å². The lowest BCUT2D eigenvalue weighted by molar-refractivity contribution is 0.312. The molecule has 0 aromatic carbocycles. The van der Waals surface area contributed by atoms with E-state index in [0.29, 0.717) is 5.41 Å². The zero-order valence-corrected chi connectivity index (χ0v) is 6.91. The molecule has 54 valence electrons. The summed E-state index contributed by atoms with van der Waals surface area (Å²) < 4.78 is 0. The highest BCUT2D eigenvalue weighted by Crippen LogP contribution is 2.43. The van der Waals surface area contributed by atoms with Gasteiger partial charge in [0.1, 0.15) is 0 Å². The lowest BCUT2D eigenvalue weighted by Gasteiger charge is -2.20. The Balaban J connectivity index is 2.45. The maximum Gasteiger partial charge on any atom is -0.0326 e. The Hall–Kier alpha value is 0. The van der Waals surface area contributed by atoms with E-state index in [1.54, 1.807) is 0 Å². The third-order valence-electron chi connectivity index (χ3n) is 2.94. The Morgan fingerprint density at radius 1 is 1.56 bits per heavy atom. The molecule has 0 nitrogen and oxygen atoms in total. The molecule has 1 rings (SSSR count). The Morgan fingerprint density at radius 2 is 2.22 bits per heavy atom. The van der Waals surface area contributed by atoms with Crippen LogP contribution in [-0.2, 0) is 0 Å². The summed E-state index contributed by atoms with van der Waals surface area (Å²) in [6.45, 7) is 7.12. The van der Waals surface area contributed by atoms with Crippen LogP contribution in [0.5, 0.6) is 0 Å². The lowest BCUT2D eigenvalue weighted by Crippen LogP contribution is -2.08. The smallest absolute Gasteiger partial charge is 0.0326 e. The van der Waals surface area contributed by atoms with Gasteiger partial charge in [0.2, 0.25) is 0 Å². The molecule has 0 aromatic rings. The molecule has 1 aliphatic rings. The molecule has 9 heavy (non-hydrogen) atoms. The van der Waals surface area contributed by atoms with Crippen molar-refractivity contribution in [3.05, 3.63) is 0 Å². The molecule has 0 unspecified atom stereocenters. The first-order valence-corrected chi connectivity index (χ1v) is 4.16. The highest BCUT2D eigenvalue weighted by atomic mass is 14.4. The van der Waals surface area contributed by atoms with Crippen LogP contribution < -0.4 is 0 Å². The fraction of sp³-hybridized carbons (Fsp3) is 1.00. The molecule has 0 saturated heterocycles. The molecule has 0 amide bonds. The van der Waals surface area contributed by atoms with Crippen molar-refractivity contribution in [1.82, 2.24) is 0 Å². The van der Waals surface area contributed by atoms with Crippen molar-refractivity contribution >= 4 is 0 Å².